The minimum absolute atomic E-state index is 0.203. The van der Waals surface area contributed by atoms with Gasteiger partial charge < -0.3 is 11.5 Å². The zero-order valence-corrected chi connectivity index (χ0v) is 11.0. The first kappa shape index (κ1) is 12.2. The third-order valence-corrected chi connectivity index (χ3v) is 3.38. The zero-order chi connectivity index (χ0) is 14.3. The minimum atomic E-state index is -0.203. The predicted molar refractivity (Wildman–Crippen MR) is 81.4 cm³/mol. The van der Waals surface area contributed by atoms with Gasteiger partial charge in [0.1, 0.15) is 0 Å². The lowest BCUT2D eigenvalue weighted by molar-refractivity contribution is 1.02. The molecule has 3 rings (SSSR count). The number of rotatable bonds is 1. The lowest BCUT2D eigenvalue weighted by Gasteiger charge is -2.10. The Hall–Kier alpha value is -2.82. The van der Waals surface area contributed by atoms with E-state index in [1.807, 2.05) is 31.2 Å². The highest BCUT2D eigenvalue weighted by Gasteiger charge is 2.12. The van der Waals surface area contributed by atoms with E-state index in [4.69, 9.17) is 11.5 Å². The summed E-state index contributed by atoms with van der Waals surface area (Å²) >= 11 is 0. The Labute approximate surface area is 115 Å². The Balaban J connectivity index is 2.39. The van der Waals surface area contributed by atoms with E-state index in [0.717, 1.165) is 16.5 Å². The molecule has 100 valence electrons. The Bertz CT molecular complexity index is 867. The number of aromatic nitrogens is 2. The number of aromatic amines is 1. The predicted octanol–water partition coefficient (Wildman–Crippen LogP) is 2.06. The topological polar surface area (TPSA) is 97.8 Å². The van der Waals surface area contributed by atoms with Crippen molar-refractivity contribution in [2.24, 2.45) is 0 Å². The number of nitrogen functional groups attached to an aromatic ring is 2. The van der Waals surface area contributed by atoms with Crippen LogP contribution >= 0.6 is 0 Å². The summed E-state index contributed by atoms with van der Waals surface area (Å²) in [5.74, 6) is 0. The lowest BCUT2D eigenvalue weighted by Crippen LogP contribution is -2.09. The van der Waals surface area contributed by atoms with Crippen LogP contribution in [0.3, 0.4) is 0 Å². The quantitative estimate of drug-likeness (QED) is 0.587. The van der Waals surface area contributed by atoms with Crippen LogP contribution in [0.5, 0.6) is 0 Å². The molecule has 0 saturated carbocycles. The molecule has 5 heteroatoms. The van der Waals surface area contributed by atoms with Gasteiger partial charge in [-0.2, -0.15) is 5.10 Å². The van der Waals surface area contributed by atoms with Crippen LogP contribution in [0, 0.1) is 6.92 Å². The van der Waals surface area contributed by atoms with Crippen molar-refractivity contribution in [3.05, 3.63) is 52.3 Å². The first-order valence-electron chi connectivity index (χ1n) is 6.21. The largest absolute Gasteiger partial charge is 0.397 e. The number of anilines is 2. The van der Waals surface area contributed by atoms with Gasteiger partial charge in [0.2, 0.25) is 0 Å². The van der Waals surface area contributed by atoms with E-state index >= 15 is 0 Å². The van der Waals surface area contributed by atoms with Gasteiger partial charge in [0, 0.05) is 10.9 Å². The van der Waals surface area contributed by atoms with Crippen molar-refractivity contribution >= 4 is 22.1 Å². The van der Waals surface area contributed by atoms with Gasteiger partial charge in [-0.3, -0.25) is 4.79 Å². The SMILES string of the molecule is Cc1cc(N)c(N)cc1-c1n[nH]c(=O)c2ccccc12. The minimum Gasteiger partial charge on any atom is -0.397 e. The molecule has 0 unspecified atom stereocenters. The van der Waals surface area contributed by atoms with E-state index < -0.39 is 0 Å². The molecule has 0 amide bonds. The number of fused-ring (bicyclic) bond motifs is 1. The molecule has 3 aromatic rings. The second kappa shape index (κ2) is 4.38. The van der Waals surface area contributed by atoms with Crippen LogP contribution in [-0.2, 0) is 0 Å². The number of benzene rings is 2. The standard InChI is InChI=1S/C15H14N4O/c1-8-6-12(16)13(17)7-11(8)14-9-4-2-3-5-10(9)15(20)19-18-14/h2-7H,16-17H2,1H3,(H,19,20). The highest BCUT2D eigenvalue weighted by Crippen LogP contribution is 2.31. The molecule has 0 radical (unpaired) electrons. The van der Waals surface area contributed by atoms with Crippen molar-refractivity contribution in [3.63, 3.8) is 0 Å². The fraction of sp³-hybridized carbons (Fsp3) is 0.0667. The monoisotopic (exact) mass is 266 g/mol. The Morgan fingerprint density at radius 2 is 1.70 bits per heavy atom. The molecule has 0 bridgehead atoms. The highest BCUT2D eigenvalue weighted by molar-refractivity contribution is 5.95. The maximum absolute atomic E-state index is 11.8. The third-order valence-electron chi connectivity index (χ3n) is 3.38. The van der Waals surface area contributed by atoms with Gasteiger partial charge in [-0.1, -0.05) is 18.2 Å². The van der Waals surface area contributed by atoms with E-state index in [1.165, 1.54) is 0 Å². The molecular weight excluding hydrogens is 252 g/mol. The Kier molecular flexibility index (Phi) is 2.68. The summed E-state index contributed by atoms with van der Waals surface area (Å²) in [5.41, 5.74) is 15.0. The molecule has 2 aromatic carbocycles. The van der Waals surface area contributed by atoms with Crippen molar-refractivity contribution in [1.29, 1.82) is 0 Å². The molecule has 0 aliphatic heterocycles. The van der Waals surface area contributed by atoms with E-state index in [0.29, 0.717) is 22.5 Å². The Morgan fingerprint density at radius 3 is 2.45 bits per heavy atom. The summed E-state index contributed by atoms with van der Waals surface area (Å²) < 4.78 is 0. The molecule has 0 aliphatic carbocycles. The fourth-order valence-electron chi connectivity index (χ4n) is 2.32. The van der Waals surface area contributed by atoms with E-state index in [9.17, 15) is 4.79 Å². The molecule has 0 atom stereocenters. The molecule has 20 heavy (non-hydrogen) atoms. The number of hydrogen-bond donors (Lipinski definition) is 3. The summed E-state index contributed by atoms with van der Waals surface area (Å²) in [6.45, 7) is 1.94. The number of hydrogen-bond acceptors (Lipinski definition) is 4. The normalized spacial score (nSPS) is 10.8. The van der Waals surface area contributed by atoms with Crippen LogP contribution in [-0.4, -0.2) is 10.2 Å². The summed E-state index contributed by atoms with van der Waals surface area (Å²) in [6.07, 6.45) is 0. The zero-order valence-electron chi connectivity index (χ0n) is 11.0. The van der Waals surface area contributed by atoms with Crippen LogP contribution in [0.25, 0.3) is 22.0 Å². The van der Waals surface area contributed by atoms with Crippen molar-refractivity contribution in [3.8, 4) is 11.3 Å². The smallest absolute Gasteiger partial charge is 0.272 e. The van der Waals surface area contributed by atoms with Crippen LogP contribution in [0.2, 0.25) is 0 Å². The first-order valence-corrected chi connectivity index (χ1v) is 6.21. The summed E-state index contributed by atoms with van der Waals surface area (Å²) in [4.78, 5) is 11.8. The first-order chi connectivity index (χ1) is 9.58. The average molecular weight is 266 g/mol. The van der Waals surface area contributed by atoms with Crippen LogP contribution in [0.4, 0.5) is 11.4 Å². The number of nitrogens with one attached hydrogen (secondary N) is 1. The molecular formula is C15H14N4O. The second-order valence-electron chi connectivity index (χ2n) is 4.74. The van der Waals surface area contributed by atoms with Crippen molar-refractivity contribution in [2.75, 3.05) is 11.5 Å². The van der Waals surface area contributed by atoms with Gasteiger partial charge in [-0.25, -0.2) is 5.10 Å². The maximum Gasteiger partial charge on any atom is 0.272 e. The number of H-pyrrole nitrogens is 1. The number of aryl methyl sites for hydroxylation is 1. The van der Waals surface area contributed by atoms with E-state index in [-0.39, 0.29) is 5.56 Å². The third kappa shape index (κ3) is 1.80. The number of nitrogens with two attached hydrogens (primary N) is 2. The van der Waals surface area contributed by atoms with Crippen molar-refractivity contribution < 1.29 is 0 Å². The van der Waals surface area contributed by atoms with Gasteiger partial charge in [-0.05, 0) is 30.7 Å². The van der Waals surface area contributed by atoms with E-state index in [2.05, 4.69) is 10.2 Å². The van der Waals surface area contributed by atoms with Crippen molar-refractivity contribution in [2.45, 2.75) is 6.92 Å². The molecule has 0 fully saturated rings. The fourth-order valence-corrected chi connectivity index (χ4v) is 2.32. The molecule has 5 N–H and O–H groups in total. The summed E-state index contributed by atoms with van der Waals surface area (Å²) in [5, 5.41) is 8.10. The average Bonchev–Trinajstić information content (AvgIpc) is 2.44. The summed E-state index contributed by atoms with van der Waals surface area (Å²) in [7, 11) is 0. The molecule has 0 spiro atoms. The van der Waals surface area contributed by atoms with Gasteiger partial charge in [0.25, 0.3) is 5.56 Å². The van der Waals surface area contributed by atoms with Gasteiger partial charge >= 0.3 is 0 Å². The molecule has 1 aromatic heterocycles. The molecule has 0 aliphatic rings. The van der Waals surface area contributed by atoms with E-state index in [1.54, 1.807) is 12.1 Å². The maximum atomic E-state index is 11.8. The number of nitrogens with zero attached hydrogens (tertiary/aromatic N) is 1. The van der Waals surface area contributed by atoms with Gasteiger partial charge in [0.15, 0.2) is 0 Å². The van der Waals surface area contributed by atoms with Crippen molar-refractivity contribution in [1.82, 2.24) is 10.2 Å². The second-order valence-corrected chi connectivity index (χ2v) is 4.74. The van der Waals surface area contributed by atoms with Crippen LogP contribution in [0.15, 0.2) is 41.2 Å². The molecule has 0 saturated heterocycles. The van der Waals surface area contributed by atoms with Gasteiger partial charge in [0.05, 0.1) is 22.5 Å². The van der Waals surface area contributed by atoms with Gasteiger partial charge in [-0.15, -0.1) is 0 Å². The highest BCUT2D eigenvalue weighted by atomic mass is 16.1. The van der Waals surface area contributed by atoms with Crippen LogP contribution < -0.4 is 17.0 Å². The Morgan fingerprint density at radius 1 is 1.05 bits per heavy atom. The molecule has 5 nitrogen and oxygen atoms in total. The lowest BCUT2D eigenvalue weighted by atomic mass is 9.99. The molecule has 1 heterocycles. The summed E-state index contributed by atoms with van der Waals surface area (Å²) in [6, 6.07) is 11.0. The van der Waals surface area contributed by atoms with Crippen LogP contribution in [0.1, 0.15) is 5.56 Å².